The number of fused-ring (bicyclic) bond motifs is 1. The van der Waals surface area contributed by atoms with E-state index >= 15 is 0 Å². The Kier molecular flexibility index (Phi) is 6.10. The SMILES string of the molecule is COCCN1C(=O)N(Cc2ccccc2)C2(CCN(Cc3nc4ccccc4n3C)CC2)C1=O. The largest absolute Gasteiger partial charge is 0.383 e. The number of rotatable bonds is 7. The van der Waals surface area contributed by atoms with Crippen molar-refractivity contribution >= 4 is 23.0 Å². The van der Waals surface area contributed by atoms with Gasteiger partial charge >= 0.3 is 6.03 Å². The minimum Gasteiger partial charge on any atom is -0.383 e. The maximum Gasteiger partial charge on any atom is 0.328 e. The molecule has 34 heavy (non-hydrogen) atoms. The maximum atomic E-state index is 13.6. The molecule has 3 heterocycles. The molecule has 0 unspecified atom stereocenters. The van der Waals surface area contributed by atoms with Gasteiger partial charge in [0.25, 0.3) is 5.91 Å². The van der Waals surface area contributed by atoms with Gasteiger partial charge in [-0.05, 0) is 30.5 Å². The van der Waals surface area contributed by atoms with Gasteiger partial charge in [0, 0.05) is 33.8 Å². The number of ether oxygens (including phenoxy) is 1. The number of hydrogen-bond donors (Lipinski definition) is 0. The second-order valence-corrected chi connectivity index (χ2v) is 9.19. The highest BCUT2D eigenvalue weighted by Gasteiger charge is 2.57. The fourth-order valence-corrected chi connectivity index (χ4v) is 5.25. The first-order valence-electron chi connectivity index (χ1n) is 11.8. The van der Waals surface area contributed by atoms with Gasteiger partial charge in [0.1, 0.15) is 11.4 Å². The number of imide groups is 1. The van der Waals surface area contributed by atoms with E-state index in [1.54, 1.807) is 12.0 Å². The zero-order valence-electron chi connectivity index (χ0n) is 19.8. The number of amides is 3. The molecule has 2 aliphatic rings. The van der Waals surface area contributed by atoms with Crippen molar-refractivity contribution in [2.45, 2.75) is 31.5 Å². The number of urea groups is 1. The first kappa shape index (κ1) is 22.6. The third kappa shape index (κ3) is 3.86. The zero-order valence-corrected chi connectivity index (χ0v) is 19.8. The van der Waals surface area contributed by atoms with Gasteiger partial charge in [-0.25, -0.2) is 9.78 Å². The molecule has 1 spiro atoms. The smallest absolute Gasteiger partial charge is 0.328 e. The van der Waals surface area contributed by atoms with E-state index in [9.17, 15) is 9.59 Å². The van der Waals surface area contributed by atoms with Gasteiger partial charge in [-0.15, -0.1) is 0 Å². The summed E-state index contributed by atoms with van der Waals surface area (Å²) in [6.45, 7) is 3.22. The summed E-state index contributed by atoms with van der Waals surface area (Å²) in [5, 5.41) is 0. The third-order valence-corrected chi connectivity index (χ3v) is 7.25. The van der Waals surface area contributed by atoms with Crippen molar-refractivity contribution < 1.29 is 14.3 Å². The molecule has 1 aromatic heterocycles. The third-order valence-electron chi connectivity index (χ3n) is 7.25. The Morgan fingerprint density at radius 2 is 1.68 bits per heavy atom. The molecule has 0 N–H and O–H groups in total. The summed E-state index contributed by atoms with van der Waals surface area (Å²) in [5.41, 5.74) is 2.33. The zero-order chi connectivity index (χ0) is 23.7. The van der Waals surface area contributed by atoms with Crippen LogP contribution in [0.15, 0.2) is 54.6 Å². The number of aryl methyl sites for hydroxylation is 1. The van der Waals surface area contributed by atoms with Crippen molar-refractivity contribution in [3.05, 3.63) is 66.0 Å². The van der Waals surface area contributed by atoms with Crippen LogP contribution in [0.25, 0.3) is 11.0 Å². The maximum absolute atomic E-state index is 13.6. The predicted molar refractivity (Wildman–Crippen MR) is 129 cm³/mol. The van der Waals surface area contributed by atoms with E-state index in [2.05, 4.69) is 15.5 Å². The van der Waals surface area contributed by atoms with Gasteiger partial charge in [-0.2, -0.15) is 0 Å². The number of benzene rings is 2. The van der Waals surface area contributed by atoms with Crippen molar-refractivity contribution in [3.8, 4) is 0 Å². The molecule has 2 aromatic carbocycles. The lowest BCUT2D eigenvalue weighted by Gasteiger charge is -2.42. The molecule has 8 nitrogen and oxygen atoms in total. The van der Waals surface area contributed by atoms with Crippen LogP contribution in [0.3, 0.4) is 0 Å². The minimum atomic E-state index is -0.802. The Labute approximate surface area is 199 Å². The number of carbonyl (C=O) groups is 2. The molecule has 2 saturated heterocycles. The number of hydrogen-bond acceptors (Lipinski definition) is 5. The summed E-state index contributed by atoms with van der Waals surface area (Å²) in [6.07, 6.45) is 1.22. The predicted octanol–water partition coefficient (Wildman–Crippen LogP) is 3.02. The fraction of sp³-hybridized carbons (Fsp3) is 0.423. The van der Waals surface area contributed by atoms with Crippen molar-refractivity contribution in [3.63, 3.8) is 0 Å². The van der Waals surface area contributed by atoms with Crippen LogP contribution in [0, 0.1) is 0 Å². The number of methoxy groups -OCH3 is 1. The van der Waals surface area contributed by atoms with Crippen LogP contribution in [0.4, 0.5) is 4.79 Å². The van der Waals surface area contributed by atoms with Gasteiger partial charge in [-0.3, -0.25) is 14.6 Å². The summed E-state index contributed by atoms with van der Waals surface area (Å²) < 4.78 is 7.30. The molecule has 5 rings (SSSR count). The van der Waals surface area contributed by atoms with Crippen LogP contribution in [0.2, 0.25) is 0 Å². The highest BCUT2D eigenvalue weighted by molar-refractivity contribution is 6.07. The standard InChI is InChI=1S/C26H31N5O3/c1-28-22-11-7-6-10-21(22)27-23(28)19-29-14-12-26(13-15-29)24(32)30(16-17-34-2)25(33)31(26)18-20-8-4-3-5-9-20/h3-11H,12-19H2,1-2H3. The van der Waals surface area contributed by atoms with Gasteiger partial charge in [0.15, 0.2) is 0 Å². The fourth-order valence-electron chi connectivity index (χ4n) is 5.25. The molecule has 0 aliphatic carbocycles. The van der Waals surface area contributed by atoms with Gasteiger partial charge in [-0.1, -0.05) is 42.5 Å². The Hall–Kier alpha value is -3.23. The first-order chi connectivity index (χ1) is 16.5. The lowest BCUT2D eigenvalue weighted by atomic mass is 9.85. The average molecular weight is 462 g/mol. The van der Waals surface area contributed by atoms with E-state index in [0.29, 0.717) is 26.0 Å². The summed E-state index contributed by atoms with van der Waals surface area (Å²) in [6, 6.07) is 17.8. The molecule has 2 fully saturated rings. The van der Waals surface area contributed by atoms with Crippen LogP contribution in [-0.4, -0.2) is 75.1 Å². The summed E-state index contributed by atoms with van der Waals surface area (Å²) in [5.74, 6) is 0.918. The Morgan fingerprint density at radius 3 is 2.38 bits per heavy atom. The monoisotopic (exact) mass is 461 g/mol. The van der Waals surface area contributed by atoms with Gasteiger partial charge in [0.05, 0.1) is 30.7 Å². The normalized spacial score (nSPS) is 18.5. The lowest BCUT2D eigenvalue weighted by Crippen LogP contribution is -2.56. The van der Waals surface area contributed by atoms with Gasteiger partial charge < -0.3 is 14.2 Å². The highest BCUT2D eigenvalue weighted by Crippen LogP contribution is 2.38. The number of para-hydroxylation sites is 2. The minimum absolute atomic E-state index is 0.0899. The van der Waals surface area contributed by atoms with E-state index in [0.717, 1.165) is 42.1 Å². The molecule has 3 aromatic rings. The van der Waals surface area contributed by atoms with E-state index < -0.39 is 5.54 Å². The highest BCUT2D eigenvalue weighted by atomic mass is 16.5. The van der Waals surface area contributed by atoms with Crippen molar-refractivity contribution in [1.82, 2.24) is 24.3 Å². The van der Waals surface area contributed by atoms with Crippen LogP contribution in [0.1, 0.15) is 24.2 Å². The summed E-state index contributed by atoms with van der Waals surface area (Å²) in [4.78, 5) is 37.3. The molecule has 2 aliphatic heterocycles. The quantitative estimate of drug-likeness (QED) is 0.506. The van der Waals surface area contributed by atoms with E-state index in [-0.39, 0.29) is 18.5 Å². The van der Waals surface area contributed by atoms with Crippen molar-refractivity contribution in [2.75, 3.05) is 33.4 Å². The number of carbonyl (C=O) groups excluding carboxylic acids is 2. The average Bonchev–Trinajstić information content (AvgIpc) is 3.27. The second-order valence-electron chi connectivity index (χ2n) is 9.19. The van der Waals surface area contributed by atoms with Crippen LogP contribution >= 0.6 is 0 Å². The van der Waals surface area contributed by atoms with Crippen LogP contribution in [-0.2, 0) is 29.7 Å². The van der Waals surface area contributed by atoms with Gasteiger partial charge in [0.2, 0.25) is 0 Å². The number of likely N-dealkylation sites (tertiary alicyclic amines) is 1. The summed E-state index contributed by atoms with van der Waals surface area (Å²) in [7, 11) is 3.63. The molecule has 0 radical (unpaired) electrons. The Bertz CT molecular complexity index is 1180. The molecule has 0 bridgehead atoms. The number of piperidine rings is 1. The Morgan fingerprint density at radius 1 is 0.971 bits per heavy atom. The molecule has 8 heteroatoms. The van der Waals surface area contributed by atoms with E-state index in [4.69, 9.17) is 9.72 Å². The first-order valence-corrected chi connectivity index (χ1v) is 11.8. The summed E-state index contributed by atoms with van der Waals surface area (Å²) >= 11 is 0. The topological polar surface area (TPSA) is 70.9 Å². The molecule has 3 amide bonds. The second kappa shape index (κ2) is 9.19. The van der Waals surface area contributed by atoms with Crippen molar-refractivity contribution in [2.24, 2.45) is 7.05 Å². The number of imidazole rings is 1. The number of nitrogens with zero attached hydrogens (tertiary/aromatic N) is 5. The number of aromatic nitrogens is 2. The van der Waals surface area contributed by atoms with Crippen LogP contribution < -0.4 is 0 Å². The Balaban J connectivity index is 1.35. The molecular weight excluding hydrogens is 430 g/mol. The van der Waals surface area contributed by atoms with E-state index in [1.165, 1.54) is 4.90 Å². The molecule has 0 atom stereocenters. The van der Waals surface area contributed by atoms with E-state index in [1.807, 2.05) is 55.6 Å². The molecule has 0 saturated carbocycles. The lowest BCUT2D eigenvalue weighted by molar-refractivity contribution is -0.136. The molecule has 178 valence electrons. The van der Waals surface area contributed by atoms with Crippen LogP contribution in [0.5, 0.6) is 0 Å². The van der Waals surface area contributed by atoms with Crippen molar-refractivity contribution in [1.29, 1.82) is 0 Å². The molecular formula is C26H31N5O3.